The fourth-order valence-corrected chi connectivity index (χ4v) is 2.12. The van der Waals surface area contributed by atoms with Gasteiger partial charge in [0.25, 0.3) is 5.91 Å². The second-order valence-corrected chi connectivity index (χ2v) is 5.09. The van der Waals surface area contributed by atoms with Crippen LogP contribution in [0, 0.1) is 0 Å². The summed E-state index contributed by atoms with van der Waals surface area (Å²) in [7, 11) is 0. The topological polar surface area (TPSA) is 91.7 Å². The molecule has 1 aromatic rings. The normalized spacial score (nSPS) is 15.4. The number of halogens is 1. The van der Waals surface area contributed by atoms with E-state index in [1.54, 1.807) is 6.07 Å². The largest absolute Gasteiger partial charge is 0.444 e. The SMILES string of the molecule is O=C1CN(C(=O)CNC(=O)c2ccc(Br)o2)CCCN1. The molecule has 0 spiro atoms. The number of hydrogen-bond donors (Lipinski definition) is 2. The van der Waals surface area contributed by atoms with Gasteiger partial charge in [-0.25, -0.2) is 0 Å². The molecule has 20 heavy (non-hydrogen) atoms. The average Bonchev–Trinajstić information content (AvgIpc) is 2.73. The van der Waals surface area contributed by atoms with E-state index in [0.29, 0.717) is 24.2 Å². The van der Waals surface area contributed by atoms with Crippen molar-refractivity contribution in [3.05, 3.63) is 22.6 Å². The van der Waals surface area contributed by atoms with Crippen LogP contribution in [-0.4, -0.2) is 48.8 Å². The number of carbonyl (C=O) groups excluding carboxylic acids is 3. The van der Waals surface area contributed by atoms with E-state index in [2.05, 4.69) is 26.6 Å². The summed E-state index contributed by atoms with van der Waals surface area (Å²) in [5, 5.41) is 5.15. The van der Waals surface area contributed by atoms with E-state index in [1.165, 1.54) is 11.0 Å². The Hall–Kier alpha value is -1.83. The van der Waals surface area contributed by atoms with Crippen LogP contribution >= 0.6 is 15.9 Å². The van der Waals surface area contributed by atoms with E-state index in [1.807, 2.05) is 0 Å². The smallest absolute Gasteiger partial charge is 0.287 e. The Morgan fingerprint density at radius 3 is 2.95 bits per heavy atom. The molecular weight excluding hydrogens is 330 g/mol. The molecule has 1 aliphatic heterocycles. The predicted molar refractivity (Wildman–Crippen MR) is 72.9 cm³/mol. The average molecular weight is 344 g/mol. The molecule has 0 bridgehead atoms. The Balaban J connectivity index is 1.85. The van der Waals surface area contributed by atoms with Crippen molar-refractivity contribution in [2.24, 2.45) is 0 Å². The van der Waals surface area contributed by atoms with E-state index < -0.39 is 5.91 Å². The molecule has 1 aliphatic rings. The highest BCUT2D eigenvalue weighted by molar-refractivity contribution is 9.10. The summed E-state index contributed by atoms with van der Waals surface area (Å²) in [5.41, 5.74) is 0. The molecule has 0 radical (unpaired) electrons. The van der Waals surface area contributed by atoms with Gasteiger partial charge in [0, 0.05) is 13.1 Å². The van der Waals surface area contributed by atoms with Gasteiger partial charge in [-0.1, -0.05) is 0 Å². The van der Waals surface area contributed by atoms with E-state index >= 15 is 0 Å². The first-order chi connectivity index (χ1) is 9.56. The molecule has 2 heterocycles. The Morgan fingerprint density at radius 2 is 2.25 bits per heavy atom. The summed E-state index contributed by atoms with van der Waals surface area (Å²) in [5.74, 6) is -0.820. The molecule has 0 saturated carbocycles. The minimum absolute atomic E-state index is 0.0288. The maximum atomic E-state index is 11.9. The van der Waals surface area contributed by atoms with Gasteiger partial charge in [0.05, 0.1) is 13.1 Å². The van der Waals surface area contributed by atoms with E-state index in [9.17, 15) is 14.4 Å². The molecule has 7 nitrogen and oxygen atoms in total. The zero-order chi connectivity index (χ0) is 14.5. The Bertz CT molecular complexity index is 529. The lowest BCUT2D eigenvalue weighted by atomic mass is 10.3. The lowest BCUT2D eigenvalue weighted by Gasteiger charge is -2.18. The van der Waals surface area contributed by atoms with Gasteiger partial charge >= 0.3 is 0 Å². The number of rotatable bonds is 3. The fourth-order valence-electron chi connectivity index (χ4n) is 1.81. The monoisotopic (exact) mass is 343 g/mol. The molecule has 2 N–H and O–H groups in total. The van der Waals surface area contributed by atoms with Gasteiger partial charge < -0.3 is 20.0 Å². The molecule has 1 aromatic heterocycles. The van der Waals surface area contributed by atoms with Crippen molar-refractivity contribution in [2.45, 2.75) is 6.42 Å². The van der Waals surface area contributed by atoms with Crippen molar-refractivity contribution < 1.29 is 18.8 Å². The van der Waals surface area contributed by atoms with Gasteiger partial charge in [0.1, 0.15) is 0 Å². The molecule has 3 amide bonds. The molecule has 108 valence electrons. The Labute approximate surface area is 123 Å². The predicted octanol–water partition coefficient (Wildman–Crippen LogP) is 0.120. The molecule has 0 unspecified atom stereocenters. The van der Waals surface area contributed by atoms with Gasteiger partial charge in [-0.05, 0) is 34.5 Å². The van der Waals surface area contributed by atoms with E-state index in [0.717, 1.165) is 0 Å². The minimum atomic E-state index is -0.469. The molecule has 0 aliphatic carbocycles. The van der Waals surface area contributed by atoms with Crippen LogP contribution in [0.1, 0.15) is 17.0 Å². The third kappa shape index (κ3) is 3.83. The second-order valence-electron chi connectivity index (χ2n) is 4.31. The first-order valence-corrected chi connectivity index (χ1v) is 6.93. The van der Waals surface area contributed by atoms with Crippen molar-refractivity contribution in [3.8, 4) is 0 Å². The Morgan fingerprint density at radius 1 is 1.45 bits per heavy atom. The summed E-state index contributed by atoms with van der Waals surface area (Å²) in [6, 6.07) is 3.10. The molecule has 0 aromatic carbocycles. The number of carbonyl (C=O) groups is 3. The van der Waals surface area contributed by atoms with Crippen LogP contribution in [0.4, 0.5) is 0 Å². The number of furan rings is 1. The van der Waals surface area contributed by atoms with Crippen molar-refractivity contribution in [3.63, 3.8) is 0 Å². The maximum Gasteiger partial charge on any atom is 0.287 e. The molecule has 1 fully saturated rings. The zero-order valence-electron chi connectivity index (χ0n) is 10.6. The number of hydrogen-bond acceptors (Lipinski definition) is 4. The first-order valence-electron chi connectivity index (χ1n) is 6.14. The second kappa shape index (κ2) is 6.56. The van der Waals surface area contributed by atoms with Crippen molar-refractivity contribution >= 4 is 33.7 Å². The highest BCUT2D eigenvalue weighted by Gasteiger charge is 2.20. The molecule has 0 atom stereocenters. The lowest BCUT2D eigenvalue weighted by molar-refractivity contribution is -0.134. The summed E-state index contributed by atoms with van der Waals surface area (Å²) in [6.07, 6.45) is 0.705. The lowest BCUT2D eigenvalue weighted by Crippen LogP contribution is -2.43. The van der Waals surface area contributed by atoms with Crippen molar-refractivity contribution in [1.29, 1.82) is 0 Å². The van der Waals surface area contributed by atoms with Crippen LogP contribution in [0.25, 0.3) is 0 Å². The molecule has 2 rings (SSSR count). The van der Waals surface area contributed by atoms with Gasteiger partial charge in [-0.3, -0.25) is 14.4 Å². The molecule has 8 heteroatoms. The molecular formula is C12H14BrN3O4. The summed E-state index contributed by atoms with van der Waals surface area (Å²) >= 11 is 3.09. The maximum absolute atomic E-state index is 11.9. The third-order valence-corrected chi connectivity index (χ3v) is 3.24. The summed E-state index contributed by atoms with van der Waals surface area (Å²) < 4.78 is 5.52. The van der Waals surface area contributed by atoms with Crippen molar-refractivity contribution in [2.75, 3.05) is 26.2 Å². The summed E-state index contributed by atoms with van der Waals surface area (Å²) in [6.45, 7) is 0.931. The number of amides is 3. The highest BCUT2D eigenvalue weighted by atomic mass is 79.9. The fraction of sp³-hybridized carbons (Fsp3) is 0.417. The standard InChI is InChI=1S/C12H14BrN3O4/c13-9-3-2-8(20-9)12(19)15-6-11(18)16-5-1-4-14-10(17)7-16/h2-3H,1,4-7H2,(H,14,17)(H,15,19). The van der Waals surface area contributed by atoms with Crippen molar-refractivity contribution in [1.82, 2.24) is 15.5 Å². The van der Waals surface area contributed by atoms with Gasteiger partial charge in [0.15, 0.2) is 10.4 Å². The van der Waals surface area contributed by atoms with Crippen LogP contribution in [0.3, 0.4) is 0 Å². The van der Waals surface area contributed by atoms with Crippen LogP contribution < -0.4 is 10.6 Å². The van der Waals surface area contributed by atoms with E-state index in [-0.39, 0.29) is 30.7 Å². The van der Waals surface area contributed by atoms with Gasteiger partial charge in [-0.15, -0.1) is 0 Å². The quantitative estimate of drug-likeness (QED) is 0.815. The first kappa shape index (κ1) is 14.6. The Kier molecular flexibility index (Phi) is 4.78. The highest BCUT2D eigenvalue weighted by Crippen LogP contribution is 2.13. The summed E-state index contributed by atoms with van der Waals surface area (Å²) in [4.78, 5) is 36.4. The number of nitrogens with zero attached hydrogens (tertiary/aromatic N) is 1. The molecule has 1 saturated heterocycles. The van der Waals surface area contributed by atoms with Gasteiger partial charge in [0.2, 0.25) is 11.8 Å². The van der Waals surface area contributed by atoms with Gasteiger partial charge in [-0.2, -0.15) is 0 Å². The third-order valence-electron chi connectivity index (χ3n) is 2.81. The van der Waals surface area contributed by atoms with Crippen LogP contribution in [-0.2, 0) is 9.59 Å². The van der Waals surface area contributed by atoms with E-state index in [4.69, 9.17) is 4.42 Å². The van der Waals surface area contributed by atoms with Crippen LogP contribution in [0.2, 0.25) is 0 Å². The van der Waals surface area contributed by atoms with Crippen LogP contribution in [0.15, 0.2) is 21.2 Å². The zero-order valence-corrected chi connectivity index (χ0v) is 12.2. The number of nitrogens with one attached hydrogen (secondary N) is 2. The van der Waals surface area contributed by atoms with Crippen LogP contribution in [0.5, 0.6) is 0 Å². The minimum Gasteiger partial charge on any atom is -0.444 e.